The zero-order chi connectivity index (χ0) is 17.1. The Morgan fingerprint density at radius 1 is 1.16 bits per heavy atom. The molecular weight excluding hydrogens is 336 g/mol. The third kappa shape index (κ3) is 3.69. The Bertz CT molecular complexity index is 781. The molecule has 0 unspecified atom stereocenters. The number of rotatable bonds is 4. The standard InChI is InChI=1S/C19H20N2O3S/c22-19(20-11-14-6-7-16-17(10-14)24-13-23-16)12-21-8-3-9-25-18-5-2-1-4-15(18)21/h1-2,4-7,10H,3,8-9,11-13H2,(H,20,22). The van der Waals surface area contributed by atoms with Gasteiger partial charge in [-0.3, -0.25) is 4.79 Å². The van der Waals surface area contributed by atoms with Crippen molar-refractivity contribution in [3.8, 4) is 11.5 Å². The summed E-state index contributed by atoms with van der Waals surface area (Å²) in [4.78, 5) is 15.8. The Balaban J connectivity index is 1.37. The number of carbonyl (C=O) groups excluding carboxylic acids is 1. The summed E-state index contributed by atoms with van der Waals surface area (Å²) in [5.41, 5.74) is 2.16. The molecule has 0 saturated carbocycles. The first-order chi connectivity index (χ1) is 12.3. The first kappa shape index (κ1) is 16.1. The van der Waals surface area contributed by atoms with Gasteiger partial charge in [-0.05, 0) is 42.0 Å². The summed E-state index contributed by atoms with van der Waals surface area (Å²) in [6.45, 7) is 2.03. The van der Waals surface area contributed by atoms with E-state index in [0.717, 1.165) is 41.5 Å². The van der Waals surface area contributed by atoms with Crippen molar-refractivity contribution in [1.29, 1.82) is 0 Å². The first-order valence-corrected chi connectivity index (χ1v) is 9.40. The smallest absolute Gasteiger partial charge is 0.239 e. The highest BCUT2D eigenvalue weighted by Crippen LogP contribution is 2.34. The molecule has 2 aromatic rings. The largest absolute Gasteiger partial charge is 0.454 e. The fraction of sp³-hybridized carbons (Fsp3) is 0.316. The molecule has 2 aliphatic heterocycles. The SMILES string of the molecule is O=C(CN1CCCSc2ccccc21)NCc1ccc2c(c1)OCO2. The molecule has 0 bridgehead atoms. The zero-order valence-electron chi connectivity index (χ0n) is 13.9. The van der Waals surface area contributed by atoms with Crippen LogP contribution in [-0.4, -0.2) is 31.5 Å². The summed E-state index contributed by atoms with van der Waals surface area (Å²) in [7, 11) is 0. The topological polar surface area (TPSA) is 50.8 Å². The molecular formula is C19H20N2O3S. The van der Waals surface area contributed by atoms with Gasteiger partial charge in [0, 0.05) is 18.0 Å². The van der Waals surface area contributed by atoms with E-state index in [2.05, 4.69) is 28.4 Å². The number of benzene rings is 2. The molecule has 2 heterocycles. The summed E-state index contributed by atoms with van der Waals surface area (Å²) in [6, 6.07) is 14.1. The van der Waals surface area contributed by atoms with Gasteiger partial charge in [-0.25, -0.2) is 0 Å². The van der Waals surface area contributed by atoms with Crippen molar-refractivity contribution in [3.05, 3.63) is 48.0 Å². The molecule has 5 nitrogen and oxygen atoms in total. The maximum absolute atomic E-state index is 12.4. The molecule has 2 aromatic carbocycles. The van der Waals surface area contributed by atoms with Gasteiger partial charge in [0.05, 0.1) is 12.2 Å². The van der Waals surface area contributed by atoms with E-state index in [9.17, 15) is 4.79 Å². The second kappa shape index (κ2) is 7.27. The molecule has 0 aliphatic carbocycles. The number of para-hydroxylation sites is 1. The minimum absolute atomic E-state index is 0.0272. The number of carbonyl (C=O) groups is 1. The summed E-state index contributed by atoms with van der Waals surface area (Å²) < 4.78 is 10.7. The molecule has 0 saturated heterocycles. The van der Waals surface area contributed by atoms with Crippen LogP contribution in [0.3, 0.4) is 0 Å². The summed E-state index contributed by atoms with van der Waals surface area (Å²) >= 11 is 1.86. The van der Waals surface area contributed by atoms with Gasteiger partial charge in [-0.1, -0.05) is 18.2 Å². The number of nitrogens with one attached hydrogen (secondary N) is 1. The van der Waals surface area contributed by atoms with Crippen LogP contribution in [0.4, 0.5) is 5.69 Å². The quantitative estimate of drug-likeness (QED) is 0.913. The minimum atomic E-state index is 0.0272. The van der Waals surface area contributed by atoms with E-state index in [-0.39, 0.29) is 12.7 Å². The first-order valence-electron chi connectivity index (χ1n) is 8.41. The van der Waals surface area contributed by atoms with Gasteiger partial charge < -0.3 is 19.7 Å². The number of amides is 1. The Hall–Kier alpha value is -2.34. The number of fused-ring (bicyclic) bond motifs is 2. The van der Waals surface area contributed by atoms with Gasteiger partial charge in [-0.15, -0.1) is 11.8 Å². The summed E-state index contributed by atoms with van der Waals surface area (Å²) in [5.74, 6) is 2.62. The van der Waals surface area contributed by atoms with Crippen LogP contribution in [0.2, 0.25) is 0 Å². The van der Waals surface area contributed by atoms with E-state index >= 15 is 0 Å². The highest BCUT2D eigenvalue weighted by Gasteiger charge is 2.18. The molecule has 25 heavy (non-hydrogen) atoms. The van der Waals surface area contributed by atoms with E-state index in [4.69, 9.17) is 9.47 Å². The number of nitrogens with zero attached hydrogens (tertiary/aromatic N) is 1. The second-order valence-corrected chi connectivity index (χ2v) is 7.19. The Morgan fingerprint density at radius 3 is 3.00 bits per heavy atom. The summed E-state index contributed by atoms with van der Waals surface area (Å²) in [6.07, 6.45) is 1.08. The predicted molar refractivity (Wildman–Crippen MR) is 98.4 cm³/mol. The highest BCUT2D eigenvalue weighted by atomic mass is 32.2. The maximum Gasteiger partial charge on any atom is 0.239 e. The van der Waals surface area contributed by atoms with Crippen molar-refractivity contribution in [1.82, 2.24) is 5.32 Å². The number of thioether (sulfide) groups is 1. The van der Waals surface area contributed by atoms with Gasteiger partial charge >= 0.3 is 0 Å². The van der Waals surface area contributed by atoms with E-state index in [1.54, 1.807) is 0 Å². The third-order valence-corrected chi connectivity index (χ3v) is 5.45. The van der Waals surface area contributed by atoms with Gasteiger partial charge in [-0.2, -0.15) is 0 Å². The number of anilines is 1. The van der Waals surface area contributed by atoms with Crippen molar-refractivity contribution in [2.75, 3.05) is 30.5 Å². The van der Waals surface area contributed by atoms with Gasteiger partial charge in [0.25, 0.3) is 0 Å². The van der Waals surface area contributed by atoms with Gasteiger partial charge in [0.2, 0.25) is 12.7 Å². The Kier molecular flexibility index (Phi) is 4.70. The number of ether oxygens (including phenoxy) is 2. The lowest BCUT2D eigenvalue weighted by Crippen LogP contribution is -2.37. The van der Waals surface area contributed by atoms with E-state index in [1.807, 2.05) is 36.0 Å². The lowest BCUT2D eigenvalue weighted by atomic mass is 10.2. The average molecular weight is 356 g/mol. The number of hydrogen-bond acceptors (Lipinski definition) is 5. The van der Waals surface area contributed by atoms with Crippen molar-refractivity contribution < 1.29 is 14.3 Å². The molecule has 0 aromatic heterocycles. The molecule has 4 rings (SSSR count). The van der Waals surface area contributed by atoms with Crippen molar-refractivity contribution in [3.63, 3.8) is 0 Å². The van der Waals surface area contributed by atoms with Crippen molar-refractivity contribution in [2.24, 2.45) is 0 Å². The Labute approximate surface area is 151 Å². The molecule has 0 atom stereocenters. The summed E-state index contributed by atoms with van der Waals surface area (Å²) in [5, 5.41) is 3.00. The van der Waals surface area contributed by atoms with Crippen LogP contribution in [0.25, 0.3) is 0 Å². The lowest BCUT2D eigenvalue weighted by Gasteiger charge is -2.23. The van der Waals surface area contributed by atoms with Crippen molar-refractivity contribution in [2.45, 2.75) is 17.9 Å². The van der Waals surface area contributed by atoms with Gasteiger partial charge in [0.1, 0.15) is 0 Å². The van der Waals surface area contributed by atoms with Crippen LogP contribution in [-0.2, 0) is 11.3 Å². The molecule has 0 fully saturated rings. The van der Waals surface area contributed by atoms with Crippen LogP contribution in [0.1, 0.15) is 12.0 Å². The fourth-order valence-corrected chi connectivity index (χ4v) is 4.06. The monoisotopic (exact) mass is 356 g/mol. The minimum Gasteiger partial charge on any atom is -0.454 e. The van der Waals surface area contributed by atoms with Crippen LogP contribution in [0, 0.1) is 0 Å². The second-order valence-electron chi connectivity index (χ2n) is 6.06. The van der Waals surface area contributed by atoms with E-state index in [0.29, 0.717) is 13.1 Å². The van der Waals surface area contributed by atoms with Crippen LogP contribution >= 0.6 is 11.8 Å². The number of hydrogen-bond donors (Lipinski definition) is 1. The molecule has 1 amide bonds. The lowest BCUT2D eigenvalue weighted by molar-refractivity contribution is -0.119. The molecule has 1 N–H and O–H groups in total. The highest BCUT2D eigenvalue weighted by molar-refractivity contribution is 7.99. The molecule has 0 spiro atoms. The van der Waals surface area contributed by atoms with Crippen molar-refractivity contribution >= 4 is 23.4 Å². The molecule has 6 heteroatoms. The van der Waals surface area contributed by atoms with Crippen LogP contribution in [0.15, 0.2) is 47.4 Å². The van der Waals surface area contributed by atoms with E-state index < -0.39 is 0 Å². The molecule has 0 radical (unpaired) electrons. The molecule has 2 aliphatic rings. The normalized spacial score (nSPS) is 15.4. The van der Waals surface area contributed by atoms with E-state index in [1.165, 1.54) is 4.90 Å². The average Bonchev–Trinajstić information content (AvgIpc) is 3.01. The zero-order valence-corrected chi connectivity index (χ0v) is 14.7. The van der Waals surface area contributed by atoms with Crippen LogP contribution < -0.4 is 19.7 Å². The van der Waals surface area contributed by atoms with Gasteiger partial charge in [0.15, 0.2) is 11.5 Å². The van der Waals surface area contributed by atoms with Crippen LogP contribution in [0.5, 0.6) is 11.5 Å². The predicted octanol–water partition coefficient (Wildman–Crippen LogP) is 3.03. The maximum atomic E-state index is 12.4. The molecule has 130 valence electrons. The third-order valence-electron chi connectivity index (χ3n) is 4.30. The fourth-order valence-electron chi connectivity index (χ4n) is 3.04. The Morgan fingerprint density at radius 2 is 2.04 bits per heavy atom.